The van der Waals surface area contributed by atoms with Gasteiger partial charge in [0.15, 0.2) is 0 Å². The van der Waals surface area contributed by atoms with Crippen LogP contribution in [0.4, 0.5) is 0 Å². The fourth-order valence-electron chi connectivity index (χ4n) is 0.939. The molecule has 0 aromatic carbocycles. The predicted molar refractivity (Wildman–Crippen MR) is 39.0 cm³/mol. The lowest BCUT2D eigenvalue weighted by Crippen LogP contribution is -2.10. The molecule has 0 spiro atoms. The highest BCUT2D eigenvalue weighted by molar-refractivity contribution is 5.69. The van der Waals surface area contributed by atoms with Crippen molar-refractivity contribution in [2.24, 2.45) is 5.92 Å². The average Bonchev–Trinajstić information content (AvgIpc) is 1.89. The Bertz CT molecular complexity index is 99.4. The van der Waals surface area contributed by atoms with Crippen LogP contribution >= 0.6 is 0 Å². The molecule has 0 saturated carbocycles. The third-order valence-electron chi connectivity index (χ3n) is 1.73. The maximum atomic E-state index is 10.3. The molecule has 0 rings (SSSR count). The molecule has 0 aromatic heterocycles. The maximum Gasteiger partial charge on any atom is 0.358 e. The fourth-order valence-corrected chi connectivity index (χ4v) is 0.939. The highest BCUT2D eigenvalue weighted by atomic mass is 16.4. The third kappa shape index (κ3) is 3.49. The van der Waals surface area contributed by atoms with Gasteiger partial charge < -0.3 is 0 Å². The Morgan fingerprint density at radius 2 is 2.00 bits per heavy atom. The normalized spacial score (nSPS) is 13.0. The van der Waals surface area contributed by atoms with E-state index >= 15 is 0 Å². The van der Waals surface area contributed by atoms with Crippen molar-refractivity contribution in [1.82, 2.24) is 0 Å². The van der Waals surface area contributed by atoms with E-state index in [1.807, 2.05) is 6.92 Å². The van der Waals surface area contributed by atoms with Crippen LogP contribution in [0, 0.1) is 5.92 Å². The molecule has 59 valence electrons. The van der Waals surface area contributed by atoms with Gasteiger partial charge in [0.05, 0.1) is 5.92 Å². The van der Waals surface area contributed by atoms with Crippen molar-refractivity contribution in [2.75, 3.05) is 0 Å². The van der Waals surface area contributed by atoms with Gasteiger partial charge in [0, 0.05) is 0 Å². The van der Waals surface area contributed by atoms with E-state index in [1.54, 1.807) is 0 Å². The van der Waals surface area contributed by atoms with E-state index in [9.17, 15) is 9.90 Å². The number of rotatable bonds is 5. The zero-order valence-electron chi connectivity index (χ0n) is 6.72. The topological polar surface area (TPSA) is 37.0 Å². The molecule has 0 aliphatic rings. The van der Waals surface area contributed by atoms with Gasteiger partial charge in [-0.05, 0) is 12.8 Å². The van der Waals surface area contributed by atoms with E-state index in [1.165, 1.54) is 0 Å². The van der Waals surface area contributed by atoms with Gasteiger partial charge in [0.2, 0.25) is 0 Å². The Balaban J connectivity index is 3.50. The van der Waals surface area contributed by atoms with Gasteiger partial charge in [-0.1, -0.05) is 26.7 Å². The van der Waals surface area contributed by atoms with Gasteiger partial charge in [-0.15, -0.1) is 0 Å². The Kier molecular flexibility index (Phi) is 4.99. The second kappa shape index (κ2) is 5.27. The standard InChI is InChI=1S/C8H15O2/c1-3-5-6-7(4-2)8(9)10/h7H,3-6H2,1-2H3. The fraction of sp³-hybridized carbons (Fsp3) is 0.875. The van der Waals surface area contributed by atoms with E-state index in [0.29, 0.717) is 6.42 Å². The van der Waals surface area contributed by atoms with Crippen molar-refractivity contribution in [3.63, 3.8) is 0 Å². The summed E-state index contributed by atoms with van der Waals surface area (Å²) < 4.78 is 0. The average molecular weight is 143 g/mol. The molecule has 1 radical (unpaired) electrons. The van der Waals surface area contributed by atoms with Crippen molar-refractivity contribution in [1.29, 1.82) is 0 Å². The van der Waals surface area contributed by atoms with Gasteiger partial charge in [-0.2, -0.15) is 0 Å². The first kappa shape index (κ1) is 9.47. The molecule has 0 N–H and O–H groups in total. The molecule has 2 nitrogen and oxygen atoms in total. The summed E-state index contributed by atoms with van der Waals surface area (Å²) in [4.78, 5) is 10.3. The van der Waals surface area contributed by atoms with Crippen LogP contribution in [0.5, 0.6) is 0 Å². The Morgan fingerprint density at radius 3 is 2.30 bits per heavy atom. The molecule has 2 heteroatoms. The summed E-state index contributed by atoms with van der Waals surface area (Å²) in [5.41, 5.74) is 0. The molecule has 0 bridgehead atoms. The minimum Gasteiger partial charge on any atom is -0.247 e. The summed E-state index contributed by atoms with van der Waals surface area (Å²) in [7, 11) is 0. The summed E-state index contributed by atoms with van der Waals surface area (Å²) in [5.74, 6) is -1.11. The SMILES string of the molecule is CCCCC(CC)C([O])=O. The highest BCUT2D eigenvalue weighted by Crippen LogP contribution is 2.12. The molecule has 0 aliphatic carbocycles. The van der Waals surface area contributed by atoms with Crippen molar-refractivity contribution in [2.45, 2.75) is 39.5 Å². The number of carbonyl (C=O) groups is 1. The summed E-state index contributed by atoms with van der Waals surface area (Å²) >= 11 is 0. The molecule has 10 heavy (non-hydrogen) atoms. The van der Waals surface area contributed by atoms with Gasteiger partial charge in [0.25, 0.3) is 0 Å². The molecule has 0 heterocycles. The molecule has 0 fully saturated rings. The van der Waals surface area contributed by atoms with Crippen molar-refractivity contribution < 1.29 is 9.90 Å². The van der Waals surface area contributed by atoms with Gasteiger partial charge in [-0.25, -0.2) is 9.90 Å². The second-order valence-corrected chi connectivity index (χ2v) is 2.57. The van der Waals surface area contributed by atoms with E-state index in [2.05, 4.69) is 6.92 Å². The molecule has 0 saturated heterocycles. The van der Waals surface area contributed by atoms with Crippen LogP contribution in [-0.4, -0.2) is 5.97 Å². The Labute approximate surface area is 62.2 Å². The monoisotopic (exact) mass is 143 g/mol. The van der Waals surface area contributed by atoms with E-state index < -0.39 is 5.97 Å². The van der Waals surface area contributed by atoms with Crippen LogP contribution in [0.3, 0.4) is 0 Å². The molecule has 0 aliphatic heterocycles. The van der Waals surface area contributed by atoms with Crippen molar-refractivity contribution in [3.05, 3.63) is 0 Å². The smallest absolute Gasteiger partial charge is 0.247 e. The second-order valence-electron chi connectivity index (χ2n) is 2.57. The highest BCUT2D eigenvalue weighted by Gasteiger charge is 2.15. The Morgan fingerprint density at radius 1 is 1.40 bits per heavy atom. The van der Waals surface area contributed by atoms with E-state index in [4.69, 9.17) is 0 Å². The number of hydrogen-bond acceptors (Lipinski definition) is 1. The van der Waals surface area contributed by atoms with Crippen LogP contribution in [0.1, 0.15) is 39.5 Å². The van der Waals surface area contributed by atoms with Crippen LogP contribution in [0.15, 0.2) is 0 Å². The predicted octanol–water partition coefficient (Wildman–Crippen LogP) is 2.16. The lowest BCUT2D eigenvalue weighted by Gasteiger charge is -2.04. The minimum absolute atomic E-state index is 0.222. The molecule has 0 aromatic rings. The first-order chi connectivity index (χ1) is 4.72. The lowest BCUT2D eigenvalue weighted by molar-refractivity contribution is -0.148. The van der Waals surface area contributed by atoms with Crippen LogP contribution < -0.4 is 0 Å². The molecule has 0 amide bonds. The summed E-state index contributed by atoms with van der Waals surface area (Å²) in [6, 6.07) is 0. The zero-order chi connectivity index (χ0) is 7.98. The number of unbranched alkanes of at least 4 members (excludes halogenated alkanes) is 1. The minimum atomic E-state index is -0.893. The number of hydrogen-bond donors (Lipinski definition) is 0. The maximum absolute atomic E-state index is 10.3. The lowest BCUT2D eigenvalue weighted by atomic mass is 10.00. The first-order valence-corrected chi connectivity index (χ1v) is 3.93. The summed E-state index contributed by atoms with van der Waals surface area (Å²) in [6.45, 7) is 3.94. The molecule has 1 unspecified atom stereocenters. The van der Waals surface area contributed by atoms with Crippen LogP contribution in [-0.2, 0) is 9.90 Å². The summed E-state index contributed by atoms with van der Waals surface area (Å²) in [6.07, 6.45) is 3.52. The van der Waals surface area contributed by atoms with E-state index in [-0.39, 0.29) is 5.92 Å². The van der Waals surface area contributed by atoms with Crippen LogP contribution in [0.2, 0.25) is 0 Å². The number of carbonyl (C=O) groups excluding carboxylic acids is 1. The van der Waals surface area contributed by atoms with Crippen molar-refractivity contribution >= 4 is 5.97 Å². The van der Waals surface area contributed by atoms with Gasteiger partial charge in [0.1, 0.15) is 0 Å². The van der Waals surface area contributed by atoms with E-state index in [0.717, 1.165) is 19.3 Å². The van der Waals surface area contributed by atoms with Gasteiger partial charge in [-0.3, -0.25) is 0 Å². The third-order valence-corrected chi connectivity index (χ3v) is 1.73. The van der Waals surface area contributed by atoms with Crippen molar-refractivity contribution in [3.8, 4) is 0 Å². The van der Waals surface area contributed by atoms with Crippen LogP contribution in [0.25, 0.3) is 0 Å². The Hall–Kier alpha value is -0.530. The quantitative estimate of drug-likeness (QED) is 0.581. The first-order valence-electron chi connectivity index (χ1n) is 3.93. The summed E-state index contributed by atoms with van der Waals surface area (Å²) in [5, 5.41) is 10.3. The zero-order valence-corrected chi connectivity index (χ0v) is 6.72. The largest absolute Gasteiger partial charge is 0.358 e. The molecule has 1 atom stereocenters. The molecular formula is C8H15O2. The van der Waals surface area contributed by atoms with Gasteiger partial charge >= 0.3 is 5.97 Å². The molecular weight excluding hydrogens is 128 g/mol.